The number of benzene rings is 1. The summed E-state index contributed by atoms with van der Waals surface area (Å²) in [5.74, 6) is 0.646. The maximum Gasteiger partial charge on any atom is 0.237 e. The van der Waals surface area contributed by atoms with Crippen molar-refractivity contribution in [2.75, 3.05) is 13.1 Å². The van der Waals surface area contributed by atoms with Gasteiger partial charge in [-0.3, -0.25) is 19.3 Å². The number of rotatable bonds is 11. The molecule has 2 aliphatic rings. The van der Waals surface area contributed by atoms with Gasteiger partial charge in [0.15, 0.2) is 0 Å². The fourth-order valence-corrected chi connectivity index (χ4v) is 6.81. The molecule has 1 saturated carbocycles. The zero-order valence-electron chi connectivity index (χ0n) is 27.6. The Morgan fingerprint density at radius 3 is 2.10 bits per heavy atom. The molecule has 1 aliphatic carbocycles. The van der Waals surface area contributed by atoms with E-state index in [4.69, 9.17) is 0 Å². The Hall–Kier alpha value is -2.25. The lowest BCUT2D eigenvalue weighted by atomic mass is 9.63. The van der Waals surface area contributed by atoms with Crippen LogP contribution in [0, 0.1) is 28.6 Å². The third-order valence-electron chi connectivity index (χ3n) is 10.1. The molecule has 3 rings (SSSR count). The second kappa shape index (κ2) is 13.6. The molecule has 1 aliphatic heterocycles. The molecule has 1 aromatic rings. The Balaban J connectivity index is 1.87. The summed E-state index contributed by atoms with van der Waals surface area (Å²) in [5, 5.41) is 18.2. The molecule has 2 fully saturated rings. The summed E-state index contributed by atoms with van der Waals surface area (Å²) >= 11 is 0. The number of aliphatic hydroxyl groups is 1. The monoisotopic (exact) mass is 583 g/mol. The van der Waals surface area contributed by atoms with Crippen LogP contribution in [-0.2, 0) is 20.8 Å². The molecule has 0 unspecified atom stereocenters. The van der Waals surface area contributed by atoms with E-state index in [1.165, 1.54) is 12.8 Å². The molecule has 0 spiro atoms. The van der Waals surface area contributed by atoms with Crippen LogP contribution in [0.4, 0.5) is 0 Å². The summed E-state index contributed by atoms with van der Waals surface area (Å²) in [5.41, 5.74) is -1.24. The molecule has 7 nitrogen and oxygen atoms in total. The van der Waals surface area contributed by atoms with Gasteiger partial charge >= 0.3 is 0 Å². The third kappa shape index (κ3) is 8.22. The lowest BCUT2D eigenvalue weighted by molar-refractivity contribution is -0.148. The number of β-amino-alcohol motifs (C(OH)–C–C–N with tert-alkyl or cyclic N) is 1. The summed E-state index contributed by atoms with van der Waals surface area (Å²) in [4.78, 5) is 42.7. The van der Waals surface area contributed by atoms with Gasteiger partial charge in [-0.05, 0) is 57.4 Å². The molecule has 1 saturated heterocycles. The molecular weight excluding hydrogens is 526 g/mol. The van der Waals surface area contributed by atoms with Gasteiger partial charge < -0.3 is 15.7 Å². The summed E-state index contributed by atoms with van der Waals surface area (Å²) in [6.07, 6.45) is 5.08. The predicted octanol–water partition coefficient (Wildman–Crippen LogP) is 5.15. The molecule has 0 aromatic heterocycles. The van der Waals surface area contributed by atoms with Crippen LogP contribution in [0.1, 0.15) is 100.0 Å². The second-order valence-corrected chi connectivity index (χ2v) is 15.4. The Morgan fingerprint density at radius 2 is 1.52 bits per heavy atom. The Kier molecular flexibility index (Phi) is 11.1. The zero-order chi connectivity index (χ0) is 31.5. The number of carbonyl (C=O) groups is 3. The summed E-state index contributed by atoms with van der Waals surface area (Å²) in [6, 6.07) is 8.95. The van der Waals surface area contributed by atoms with Crippen LogP contribution in [-0.4, -0.2) is 64.4 Å². The fraction of sp³-hybridized carbons (Fsp3) is 0.743. The highest BCUT2D eigenvalue weighted by molar-refractivity contribution is 5.94. The minimum atomic E-state index is -1.00. The van der Waals surface area contributed by atoms with E-state index in [-0.39, 0.29) is 41.6 Å². The number of hydrogen-bond donors (Lipinski definition) is 3. The van der Waals surface area contributed by atoms with Crippen LogP contribution >= 0.6 is 0 Å². The first-order valence-corrected chi connectivity index (χ1v) is 16.1. The minimum absolute atomic E-state index is 0.0115. The standard InChI is InChI=1S/C35H57N3O4/c1-23(2)30(40)34(6,7)35(8,9)32(42)36-27(19-24-15-11-10-12-16-24)29(39)22-38-21-26-18-14-13-17-25(26)20-28(38)31(41)37-33(3,4)5/h10-12,15-16,23,25-29,39H,13-14,17-22H2,1-9H3,(H,36,42)(H,37,41)/t25-,26+,27-,28-,29+/m0/s1. The summed E-state index contributed by atoms with van der Waals surface area (Å²) in [7, 11) is 0. The Morgan fingerprint density at radius 1 is 0.929 bits per heavy atom. The molecule has 1 aromatic carbocycles. The van der Waals surface area contributed by atoms with E-state index in [0.29, 0.717) is 18.3 Å². The highest BCUT2D eigenvalue weighted by atomic mass is 16.3. The molecular formula is C35H57N3O4. The summed E-state index contributed by atoms with van der Waals surface area (Å²) < 4.78 is 0. The summed E-state index contributed by atoms with van der Waals surface area (Å²) in [6.45, 7) is 18.1. The number of hydrogen-bond acceptors (Lipinski definition) is 5. The molecule has 0 bridgehead atoms. The number of nitrogens with one attached hydrogen (secondary N) is 2. The first kappa shape index (κ1) is 34.2. The van der Waals surface area contributed by atoms with Crippen LogP contribution in [0.3, 0.4) is 0 Å². The van der Waals surface area contributed by atoms with E-state index in [1.807, 2.05) is 92.6 Å². The van der Waals surface area contributed by atoms with Gasteiger partial charge in [0.05, 0.1) is 23.6 Å². The molecule has 5 atom stereocenters. The highest BCUT2D eigenvalue weighted by Gasteiger charge is 2.49. The van der Waals surface area contributed by atoms with Crippen molar-refractivity contribution >= 4 is 17.6 Å². The largest absolute Gasteiger partial charge is 0.390 e. The topological polar surface area (TPSA) is 98.7 Å². The predicted molar refractivity (Wildman–Crippen MR) is 169 cm³/mol. The number of Topliss-reactive ketones (excluding diaryl/α,β-unsaturated/α-hetero) is 1. The lowest BCUT2D eigenvalue weighted by Crippen LogP contribution is -2.61. The molecule has 3 N–H and O–H groups in total. The van der Waals surface area contributed by atoms with Crippen LogP contribution < -0.4 is 10.6 Å². The van der Waals surface area contributed by atoms with Gasteiger partial charge in [-0.25, -0.2) is 0 Å². The Labute approximate surface area is 254 Å². The molecule has 2 amide bonds. The van der Waals surface area contributed by atoms with Gasteiger partial charge in [-0.2, -0.15) is 0 Å². The SMILES string of the molecule is CC(C)C(=O)C(C)(C)C(C)(C)C(=O)N[C@@H](Cc1ccccc1)[C@H](O)CN1C[C@H]2CCCC[C@H]2C[C@H]1C(=O)NC(C)(C)C. The number of aliphatic hydroxyl groups excluding tert-OH is 1. The van der Waals surface area contributed by atoms with E-state index in [0.717, 1.165) is 31.4 Å². The average Bonchev–Trinajstić information content (AvgIpc) is 2.91. The number of fused-ring (bicyclic) bond motifs is 1. The van der Waals surface area contributed by atoms with Gasteiger partial charge in [0.1, 0.15) is 5.78 Å². The molecule has 1 heterocycles. The van der Waals surface area contributed by atoms with Crippen molar-refractivity contribution in [3.63, 3.8) is 0 Å². The third-order valence-corrected chi connectivity index (χ3v) is 10.1. The van der Waals surface area contributed by atoms with E-state index in [1.54, 1.807) is 0 Å². The molecule has 42 heavy (non-hydrogen) atoms. The Bertz CT molecular complexity index is 1080. The maximum absolute atomic E-state index is 13.9. The van der Waals surface area contributed by atoms with Crippen molar-refractivity contribution in [2.24, 2.45) is 28.6 Å². The number of likely N-dealkylation sites (tertiary alicyclic amines) is 1. The first-order chi connectivity index (χ1) is 19.4. The number of amides is 2. The van der Waals surface area contributed by atoms with Gasteiger partial charge in [-0.15, -0.1) is 0 Å². The quantitative estimate of drug-likeness (QED) is 0.335. The number of piperidine rings is 1. The fourth-order valence-electron chi connectivity index (χ4n) is 6.81. The van der Waals surface area contributed by atoms with E-state index >= 15 is 0 Å². The normalized spacial score (nSPS) is 23.5. The highest BCUT2D eigenvalue weighted by Crippen LogP contribution is 2.42. The van der Waals surface area contributed by atoms with Gasteiger partial charge in [-0.1, -0.05) is 91.1 Å². The number of ketones is 1. The molecule has 7 heteroatoms. The van der Waals surface area contributed by atoms with Crippen molar-refractivity contribution in [1.29, 1.82) is 0 Å². The van der Waals surface area contributed by atoms with E-state index in [2.05, 4.69) is 15.5 Å². The number of carbonyl (C=O) groups excluding carboxylic acids is 3. The van der Waals surface area contributed by atoms with Crippen LogP contribution in [0.15, 0.2) is 30.3 Å². The van der Waals surface area contributed by atoms with E-state index in [9.17, 15) is 19.5 Å². The average molecular weight is 584 g/mol. The smallest absolute Gasteiger partial charge is 0.237 e. The minimum Gasteiger partial charge on any atom is -0.390 e. The lowest BCUT2D eigenvalue weighted by Gasteiger charge is -2.47. The van der Waals surface area contributed by atoms with Gasteiger partial charge in [0.2, 0.25) is 11.8 Å². The first-order valence-electron chi connectivity index (χ1n) is 16.1. The molecule has 0 radical (unpaired) electrons. The maximum atomic E-state index is 13.9. The molecule has 236 valence electrons. The van der Waals surface area contributed by atoms with Gasteiger partial charge in [0.25, 0.3) is 0 Å². The van der Waals surface area contributed by atoms with Crippen molar-refractivity contribution in [3.05, 3.63) is 35.9 Å². The second-order valence-electron chi connectivity index (χ2n) is 15.4. The van der Waals surface area contributed by atoms with Crippen molar-refractivity contribution in [3.8, 4) is 0 Å². The van der Waals surface area contributed by atoms with Crippen LogP contribution in [0.25, 0.3) is 0 Å². The zero-order valence-corrected chi connectivity index (χ0v) is 27.6. The van der Waals surface area contributed by atoms with Crippen LogP contribution in [0.5, 0.6) is 0 Å². The van der Waals surface area contributed by atoms with Crippen molar-refractivity contribution < 1.29 is 19.5 Å². The van der Waals surface area contributed by atoms with Crippen molar-refractivity contribution in [1.82, 2.24) is 15.5 Å². The van der Waals surface area contributed by atoms with E-state index < -0.39 is 23.0 Å². The number of nitrogens with zero attached hydrogens (tertiary/aromatic N) is 1. The van der Waals surface area contributed by atoms with Crippen molar-refractivity contribution in [2.45, 2.75) is 125 Å². The van der Waals surface area contributed by atoms with Crippen LogP contribution in [0.2, 0.25) is 0 Å². The van der Waals surface area contributed by atoms with Gasteiger partial charge in [0, 0.05) is 30.0 Å².